The number of hydrogen-bond acceptors (Lipinski definition) is 5. The fourth-order valence-electron chi connectivity index (χ4n) is 2.70. The normalized spacial score (nSPS) is 17.0. The number of carbonyl (C=O) groups is 1. The molecular formula is C19H21BrN2O4. The van der Waals surface area contributed by atoms with E-state index in [0.29, 0.717) is 43.4 Å². The molecule has 7 heteroatoms. The summed E-state index contributed by atoms with van der Waals surface area (Å²) in [6.07, 6.45) is 1.51. The Balaban J connectivity index is 1.62. The summed E-state index contributed by atoms with van der Waals surface area (Å²) in [7, 11) is 1.58. The van der Waals surface area contributed by atoms with Crippen LogP contribution in [0.25, 0.3) is 0 Å². The Labute approximate surface area is 161 Å². The Bertz CT molecular complexity index is 767. The van der Waals surface area contributed by atoms with Crippen molar-refractivity contribution in [1.29, 1.82) is 0 Å². The molecule has 1 saturated heterocycles. The molecule has 0 aliphatic carbocycles. The monoisotopic (exact) mass is 420 g/mol. The summed E-state index contributed by atoms with van der Waals surface area (Å²) in [6.45, 7) is 3.79. The predicted molar refractivity (Wildman–Crippen MR) is 101 cm³/mol. The lowest BCUT2D eigenvalue weighted by molar-refractivity contribution is -0.0401. The Kier molecular flexibility index (Phi) is 6.11. The molecule has 2 heterocycles. The molecule has 2 aromatic rings. The number of morpholine rings is 1. The number of ether oxygens (including phenoxy) is 3. The van der Waals surface area contributed by atoms with Crippen molar-refractivity contribution in [3.05, 3.63) is 52.3 Å². The summed E-state index contributed by atoms with van der Waals surface area (Å²) in [5, 5.41) is 0. The van der Waals surface area contributed by atoms with E-state index >= 15 is 0 Å². The highest BCUT2D eigenvalue weighted by Crippen LogP contribution is 2.24. The van der Waals surface area contributed by atoms with Gasteiger partial charge in [0.15, 0.2) is 0 Å². The lowest BCUT2D eigenvalue weighted by Gasteiger charge is -2.33. The van der Waals surface area contributed by atoms with Crippen LogP contribution in [-0.4, -0.2) is 55.3 Å². The SMILES string of the molecule is COc1ccc(Br)c(C(=O)N2CCOC(COc3ccc(C)nc3)C2)c1. The average Bonchev–Trinajstić information content (AvgIpc) is 2.67. The van der Waals surface area contributed by atoms with Crippen LogP contribution in [0.2, 0.25) is 0 Å². The number of pyridine rings is 1. The van der Waals surface area contributed by atoms with Crippen molar-refractivity contribution < 1.29 is 19.0 Å². The highest BCUT2D eigenvalue weighted by Gasteiger charge is 2.27. The van der Waals surface area contributed by atoms with E-state index in [4.69, 9.17) is 14.2 Å². The highest BCUT2D eigenvalue weighted by molar-refractivity contribution is 9.10. The van der Waals surface area contributed by atoms with Gasteiger partial charge in [0.2, 0.25) is 0 Å². The number of aryl methyl sites for hydroxylation is 1. The zero-order valence-electron chi connectivity index (χ0n) is 14.8. The molecule has 1 atom stereocenters. The van der Waals surface area contributed by atoms with Crippen molar-refractivity contribution >= 4 is 21.8 Å². The van der Waals surface area contributed by atoms with Crippen LogP contribution in [0.1, 0.15) is 16.1 Å². The first-order valence-electron chi connectivity index (χ1n) is 8.36. The molecule has 6 nitrogen and oxygen atoms in total. The maximum Gasteiger partial charge on any atom is 0.255 e. The number of rotatable bonds is 5. The maximum absolute atomic E-state index is 12.9. The average molecular weight is 421 g/mol. The third kappa shape index (κ3) is 4.53. The van der Waals surface area contributed by atoms with E-state index in [2.05, 4.69) is 20.9 Å². The molecule has 3 rings (SSSR count). The topological polar surface area (TPSA) is 60.9 Å². The van der Waals surface area contributed by atoms with Gasteiger partial charge in [-0.15, -0.1) is 0 Å². The maximum atomic E-state index is 12.9. The minimum atomic E-state index is -0.182. The van der Waals surface area contributed by atoms with Crippen LogP contribution in [0.15, 0.2) is 41.0 Å². The van der Waals surface area contributed by atoms with E-state index in [-0.39, 0.29) is 12.0 Å². The van der Waals surface area contributed by atoms with Gasteiger partial charge < -0.3 is 19.1 Å². The molecule has 1 aliphatic rings. The number of aromatic nitrogens is 1. The van der Waals surface area contributed by atoms with Gasteiger partial charge in [-0.1, -0.05) is 0 Å². The quantitative estimate of drug-likeness (QED) is 0.743. The largest absolute Gasteiger partial charge is 0.497 e. The number of hydrogen-bond donors (Lipinski definition) is 0. The first-order valence-corrected chi connectivity index (χ1v) is 9.16. The van der Waals surface area contributed by atoms with Crippen LogP contribution in [0.4, 0.5) is 0 Å². The highest BCUT2D eigenvalue weighted by atomic mass is 79.9. The van der Waals surface area contributed by atoms with Gasteiger partial charge in [0.05, 0.1) is 32.0 Å². The van der Waals surface area contributed by atoms with E-state index < -0.39 is 0 Å². The summed E-state index contributed by atoms with van der Waals surface area (Å²) >= 11 is 3.44. The van der Waals surface area contributed by atoms with E-state index in [0.717, 1.165) is 10.2 Å². The van der Waals surface area contributed by atoms with Crippen LogP contribution in [0.5, 0.6) is 11.5 Å². The lowest BCUT2D eigenvalue weighted by Crippen LogP contribution is -2.47. The molecule has 26 heavy (non-hydrogen) atoms. The zero-order chi connectivity index (χ0) is 18.5. The molecule has 0 saturated carbocycles. The molecule has 1 aromatic carbocycles. The zero-order valence-corrected chi connectivity index (χ0v) is 16.4. The van der Waals surface area contributed by atoms with Crippen molar-refractivity contribution in [2.24, 2.45) is 0 Å². The second-order valence-corrected chi connectivity index (χ2v) is 6.89. The van der Waals surface area contributed by atoms with Gasteiger partial charge in [-0.05, 0) is 53.2 Å². The first-order chi connectivity index (χ1) is 12.6. The van der Waals surface area contributed by atoms with E-state index in [1.165, 1.54) is 0 Å². The molecule has 1 unspecified atom stereocenters. The molecule has 1 aromatic heterocycles. The van der Waals surface area contributed by atoms with E-state index in [1.54, 1.807) is 24.3 Å². The van der Waals surface area contributed by atoms with Gasteiger partial charge in [0, 0.05) is 16.7 Å². The molecule has 1 aliphatic heterocycles. The van der Waals surface area contributed by atoms with Gasteiger partial charge in [0.25, 0.3) is 5.91 Å². The van der Waals surface area contributed by atoms with Gasteiger partial charge in [-0.25, -0.2) is 0 Å². The second kappa shape index (κ2) is 8.51. The molecule has 0 bridgehead atoms. The van der Waals surface area contributed by atoms with Gasteiger partial charge in [-0.2, -0.15) is 0 Å². The van der Waals surface area contributed by atoms with Crippen molar-refractivity contribution in [3.8, 4) is 11.5 Å². The number of amides is 1. The van der Waals surface area contributed by atoms with Crippen LogP contribution < -0.4 is 9.47 Å². The Morgan fingerprint density at radius 1 is 1.35 bits per heavy atom. The van der Waals surface area contributed by atoms with Gasteiger partial charge in [0.1, 0.15) is 24.2 Å². The summed E-state index contributed by atoms with van der Waals surface area (Å²) < 4.78 is 17.4. The van der Waals surface area contributed by atoms with Crippen LogP contribution in [0, 0.1) is 6.92 Å². The van der Waals surface area contributed by atoms with Crippen molar-refractivity contribution in [2.45, 2.75) is 13.0 Å². The Morgan fingerprint density at radius 3 is 2.88 bits per heavy atom. The number of carbonyl (C=O) groups excluding carboxylic acids is 1. The molecule has 0 radical (unpaired) electrons. The Hall–Kier alpha value is -2.12. The molecule has 138 valence electrons. The summed E-state index contributed by atoms with van der Waals surface area (Å²) in [5.74, 6) is 1.29. The van der Waals surface area contributed by atoms with Crippen molar-refractivity contribution in [1.82, 2.24) is 9.88 Å². The molecule has 1 amide bonds. The molecule has 1 fully saturated rings. The van der Waals surface area contributed by atoms with Crippen LogP contribution >= 0.6 is 15.9 Å². The first kappa shape index (κ1) is 18.7. The fraction of sp³-hybridized carbons (Fsp3) is 0.368. The number of halogens is 1. The van der Waals surface area contributed by atoms with Crippen molar-refractivity contribution in [2.75, 3.05) is 33.4 Å². The molecular weight excluding hydrogens is 400 g/mol. The third-order valence-electron chi connectivity index (χ3n) is 4.15. The van der Waals surface area contributed by atoms with Crippen LogP contribution in [0.3, 0.4) is 0 Å². The van der Waals surface area contributed by atoms with Crippen molar-refractivity contribution in [3.63, 3.8) is 0 Å². The lowest BCUT2D eigenvalue weighted by atomic mass is 10.1. The summed E-state index contributed by atoms with van der Waals surface area (Å²) in [6, 6.07) is 9.14. The minimum absolute atomic E-state index is 0.0546. The third-order valence-corrected chi connectivity index (χ3v) is 4.84. The van der Waals surface area contributed by atoms with Gasteiger partial charge >= 0.3 is 0 Å². The molecule has 0 spiro atoms. The second-order valence-electron chi connectivity index (χ2n) is 6.04. The number of nitrogens with zero attached hydrogens (tertiary/aromatic N) is 2. The van der Waals surface area contributed by atoms with Crippen LogP contribution in [-0.2, 0) is 4.74 Å². The van der Waals surface area contributed by atoms with Gasteiger partial charge in [-0.3, -0.25) is 9.78 Å². The van der Waals surface area contributed by atoms with E-state index in [9.17, 15) is 4.79 Å². The predicted octanol–water partition coefficient (Wildman–Crippen LogP) is 3.08. The summed E-state index contributed by atoms with van der Waals surface area (Å²) in [5.41, 5.74) is 1.51. The Morgan fingerprint density at radius 2 is 2.15 bits per heavy atom. The molecule has 0 N–H and O–H groups in total. The number of methoxy groups -OCH3 is 1. The fourth-order valence-corrected chi connectivity index (χ4v) is 3.12. The standard InChI is InChI=1S/C19H21BrN2O4/c1-13-3-4-15(10-21-13)26-12-16-11-22(7-8-25-16)19(23)17-9-14(24-2)5-6-18(17)20/h3-6,9-10,16H,7-8,11-12H2,1-2H3. The van der Waals surface area contributed by atoms with E-state index in [1.807, 2.05) is 31.2 Å². The smallest absolute Gasteiger partial charge is 0.255 e. The summed E-state index contributed by atoms with van der Waals surface area (Å²) in [4.78, 5) is 18.9. The minimum Gasteiger partial charge on any atom is -0.497 e. The number of benzene rings is 1.